The van der Waals surface area contributed by atoms with Gasteiger partial charge in [-0.1, -0.05) is 0 Å². The van der Waals surface area contributed by atoms with Crippen molar-refractivity contribution in [3.05, 3.63) is 42.1 Å². The van der Waals surface area contributed by atoms with Crippen molar-refractivity contribution >= 4 is 0 Å². The first-order valence-electron chi connectivity index (χ1n) is 5.97. The molecule has 5 nitrogen and oxygen atoms in total. The van der Waals surface area contributed by atoms with Gasteiger partial charge in [0.1, 0.15) is 11.5 Å². The minimum Gasteiger partial charge on any atom is -0.438 e. The van der Waals surface area contributed by atoms with E-state index in [1.54, 1.807) is 19.2 Å². The monoisotopic (exact) mass is 299 g/mol. The summed E-state index contributed by atoms with van der Waals surface area (Å²) in [5.41, 5.74) is 0.749. The third-order valence-corrected chi connectivity index (χ3v) is 2.33. The Kier molecular flexibility index (Phi) is 4.59. The van der Waals surface area contributed by atoms with E-state index in [9.17, 15) is 13.2 Å². The molecule has 0 unspecified atom stereocenters. The molecule has 0 spiro atoms. The number of rotatable bonds is 5. The van der Waals surface area contributed by atoms with E-state index in [1.807, 2.05) is 0 Å². The number of hydrogen-bond donors (Lipinski definition) is 1. The number of aromatic nitrogens is 2. The van der Waals surface area contributed by atoms with Gasteiger partial charge in [-0.25, -0.2) is 0 Å². The standard InChI is InChI=1S/C13H12F3N3O2/c1-17-8-9-2-7-12(19-18-9)20-10-3-5-11(6-4-10)21-13(14,15)16/h2-7,17H,8H2,1H3. The van der Waals surface area contributed by atoms with Crippen molar-refractivity contribution in [2.75, 3.05) is 7.05 Å². The molecule has 1 aromatic carbocycles. The smallest absolute Gasteiger partial charge is 0.438 e. The Morgan fingerprint density at radius 2 is 1.67 bits per heavy atom. The van der Waals surface area contributed by atoms with Gasteiger partial charge >= 0.3 is 6.36 Å². The summed E-state index contributed by atoms with van der Waals surface area (Å²) in [5, 5.41) is 10.7. The maximum Gasteiger partial charge on any atom is 0.573 e. The van der Waals surface area contributed by atoms with Crippen LogP contribution in [0.4, 0.5) is 13.2 Å². The molecule has 0 atom stereocenters. The van der Waals surface area contributed by atoms with Crippen molar-refractivity contribution in [3.63, 3.8) is 0 Å². The molecule has 1 N–H and O–H groups in total. The summed E-state index contributed by atoms with van der Waals surface area (Å²) in [6.45, 7) is 0.580. The van der Waals surface area contributed by atoms with E-state index >= 15 is 0 Å². The molecule has 0 saturated carbocycles. The van der Waals surface area contributed by atoms with Gasteiger partial charge in [-0.15, -0.1) is 18.3 Å². The number of halogens is 3. The SMILES string of the molecule is CNCc1ccc(Oc2ccc(OC(F)(F)F)cc2)nn1. The van der Waals surface area contributed by atoms with Gasteiger partial charge in [0, 0.05) is 12.6 Å². The van der Waals surface area contributed by atoms with Crippen molar-refractivity contribution in [2.24, 2.45) is 0 Å². The summed E-state index contributed by atoms with van der Waals surface area (Å²) < 4.78 is 45.2. The summed E-state index contributed by atoms with van der Waals surface area (Å²) in [5.74, 6) is 0.268. The van der Waals surface area contributed by atoms with Crippen LogP contribution >= 0.6 is 0 Å². The van der Waals surface area contributed by atoms with Crippen LogP contribution in [-0.2, 0) is 6.54 Å². The topological polar surface area (TPSA) is 56.3 Å². The Morgan fingerprint density at radius 1 is 1.00 bits per heavy atom. The van der Waals surface area contributed by atoms with Crippen LogP contribution in [0, 0.1) is 0 Å². The zero-order chi connectivity index (χ0) is 15.3. The van der Waals surface area contributed by atoms with Crippen LogP contribution in [0.25, 0.3) is 0 Å². The predicted octanol–water partition coefficient (Wildman–Crippen LogP) is 2.89. The lowest BCUT2D eigenvalue weighted by Gasteiger charge is -2.09. The van der Waals surface area contributed by atoms with Crippen LogP contribution in [0.5, 0.6) is 17.4 Å². The number of nitrogens with zero attached hydrogens (tertiary/aromatic N) is 2. The molecule has 112 valence electrons. The lowest BCUT2D eigenvalue weighted by Crippen LogP contribution is -2.16. The Morgan fingerprint density at radius 3 is 2.19 bits per heavy atom. The molecule has 0 aliphatic heterocycles. The van der Waals surface area contributed by atoms with E-state index < -0.39 is 6.36 Å². The fourth-order valence-electron chi connectivity index (χ4n) is 1.51. The predicted molar refractivity (Wildman–Crippen MR) is 68.0 cm³/mol. The normalized spacial score (nSPS) is 11.2. The molecule has 8 heteroatoms. The number of benzene rings is 1. The zero-order valence-corrected chi connectivity index (χ0v) is 11.0. The fraction of sp³-hybridized carbons (Fsp3) is 0.231. The van der Waals surface area contributed by atoms with Gasteiger partial charge in [-0.2, -0.15) is 5.10 Å². The summed E-state index contributed by atoms with van der Waals surface area (Å²) in [6, 6.07) is 8.38. The lowest BCUT2D eigenvalue weighted by atomic mass is 10.3. The van der Waals surface area contributed by atoms with E-state index in [2.05, 4.69) is 20.3 Å². The first-order valence-corrected chi connectivity index (χ1v) is 5.97. The van der Waals surface area contributed by atoms with E-state index in [1.165, 1.54) is 12.1 Å². The third kappa shape index (κ3) is 4.92. The molecule has 0 saturated heterocycles. The highest BCUT2D eigenvalue weighted by Gasteiger charge is 2.30. The first-order chi connectivity index (χ1) is 9.96. The molecule has 21 heavy (non-hydrogen) atoms. The minimum absolute atomic E-state index is 0.249. The van der Waals surface area contributed by atoms with Crippen molar-refractivity contribution in [3.8, 4) is 17.4 Å². The zero-order valence-electron chi connectivity index (χ0n) is 11.0. The molecule has 0 amide bonds. The second-order valence-electron chi connectivity index (χ2n) is 4.01. The molecule has 1 aromatic heterocycles. The van der Waals surface area contributed by atoms with Crippen molar-refractivity contribution in [1.29, 1.82) is 0 Å². The molecular weight excluding hydrogens is 287 g/mol. The highest BCUT2D eigenvalue weighted by Crippen LogP contribution is 2.26. The average molecular weight is 299 g/mol. The Bertz CT molecular complexity index is 571. The number of ether oxygens (including phenoxy) is 2. The molecule has 0 radical (unpaired) electrons. The first kappa shape index (κ1) is 15.0. The molecular formula is C13H12F3N3O2. The molecule has 2 aromatic rings. The maximum absolute atomic E-state index is 12.0. The maximum atomic E-state index is 12.0. The Labute approximate surface area is 118 Å². The fourth-order valence-corrected chi connectivity index (χ4v) is 1.51. The summed E-state index contributed by atoms with van der Waals surface area (Å²) in [7, 11) is 1.79. The van der Waals surface area contributed by atoms with Gasteiger partial charge in [-0.3, -0.25) is 0 Å². The van der Waals surface area contributed by atoms with Crippen LogP contribution in [0.3, 0.4) is 0 Å². The van der Waals surface area contributed by atoms with Crippen molar-refractivity contribution in [1.82, 2.24) is 15.5 Å². The molecule has 2 rings (SSSR count). The quantitative estimate of drug-likeness (QED) is 0.920. The van der Waals surface area contributed by atoms with E-state index in [0.29, 0.717) is 12.3 Å². The Hall–Kier alpha value is -2.35. The van der Waals surface area contributed by atoms with E-state index in [-0.39, 0.29) is 11.6 Å². The summed E-state index contributed by atoms with van der Waals surface area (Å²) in [6.07, 6.45) is -4.71. The van der Waals surface area contributed by atoms with Gasteiger partial charge in [0.05, 0.1) is 5.69 Å². The third-order valence-electron chi connectivity index (χ3n) is 2.33. The van der Waals surface area contributed by atoms with Crippen LogP contribution < -0.4 is 14.8 Å². The van der Waals surface area contributed by atoms with Crippen molar-refractivity contribution in [2.45, 2.75) is 12.9 Å². The van der Waals surface area contributed by atoms with Crippen LogP contribution in [0.1, 0.15) is 5.69 Å². The molecule has 1 heterocycles. The van der Waals surface area contributed by atoms with Crippen LogP contribution in [0.2, 0.25) is 0 Å². The van der Waals surface area contributed by atoms with E-state index in [4.69, 9.17) is 4.74 Å². The van der Waals surface area contributed by atoms with Crippen LogP contribution in [-0.4, -0.2) is 23.6 Å². The van der Waals surface area contributed by atoms with Gasteiger partial charge in [0.25, 0.3) is 0 Å². The second kappa shape index (κ2) is 6.40. The summed E-state index contributed by atoms with van der Waals surface area (Å²) >= 11 is 0. The molecule has 0 aliphatic rings. The number of alkyl halides is 3. The molecule has 0 bridgehead atoms. The van der Waals surface area contributed by atoms with Gasteiger partial charge < -0.3 is 14.8 Å². The van der Waals surface area contributed by atoms with Gasteiger partial charge in [-0.05, 0) is 37.4 Å². The van der Waals surface area contributed by atoms with Gasteiger partial charge in [0.15, 0.2) is 0 Å². The largest absolute Gasteiger partial charge is 0.573 e. The number of hydrogen-bond acceptors (Lipinski definition) is 5. The van der Waals surface area contributed by atoms with Gasteiger partial charge in [0.2, 0.25) is 5.88 Å². The van der Waals surface area contributed by atoms with Crippen LogP contribution in [0.15, 0.2) is 36.4 Å². The number of nitrogens with one attached hydrogen (secondary N) is 1. The Balaban J connectivity index is 1.99. The lowest BCUT2D eigenvalue weighted by molar-refractivity contribution is -0.274. The van der Waals surface area contributed by atoms with Crippen molar-refractivity contribution < 1.29 is 22.6 Å². The molecule has 0 fully saturated rings. The minimum atomic E-state index is -4.71. The second-order valence-corrected chi connectivity index (χ2v) is 4.01. The highest BCUT2D eigenvalue weighted by atomic mass is 19.4. The van der Waals surface area contributed by atoms with E-state index in [0.717, 1.165) is 17.8 Å². The average Bonchev–Trinajstić information content (AvgIpc) is 2.42. The summed E-state index contributed by atoms with van der Waals surface area (Å²) in [4.78, 5) is 0. The molecule has 0 aliphatic carbocycles. The highest BCUT2D eigenvalue weighted by molar-refractivity contribution is 5.33.